The second-order valence-electron chi connectivity index (χ2n) is 8.31. The molecule has 4 aromatic rings. The number of nitrogens with one attached hydrogen (secondary N) is 1. The molecule has 1 fully saturated rings. The number of morpholine rings is 1. The van der Waals surface area contributed by atoms with Crippen molar-refractivity contribution < 1.29 is 14.1 Å². The monoisotopic (exact) mass is 566 g/mol. The number of nitro benzene ring substituents is 1. The predicted octanol–water partition coefficient (Wildman–Crippen LogP) is 4.49. The minimum absolute atomic E-state index is 0.0884. The minimum atomic E-state index is -0.507. The van der Waals surface area contributed by atoms with E-state index in [4.69, 9.17) is 9.15 Å². The molecular weight excluding hydrogens is 544 g/mol. The van der Waals surface area contributed by atoms with E-state index in [9.17, 15) is 14.9 Å². The zero-order valence-corrected chi connectivity index (χ0v) is 21.5. The number of hydrogen-bond acceptors (Lipinski definition) is 9. The molecule has 190 valence electrons. The van der Waals surface area contributed by atoms with Gasteiger partial charge in [0.25, 0.3) is 11.2 Å². The SMILES string of the molecule is CCNc1cc(-c2cc(Br)cc(-c3cnco3)c2)nn(-c2cc(N3CCOCC3)ccc2[N+](=O)[O-])c1=O. The zero-order valence-electron chi connectivity index (χ0n) is 19.9. The highest BCUT2D eigenvalue weighted by atomic mass is 79.9. The van der Waals surface area contributed by atoms with Crippen molar-refractivity contribution in [3.63, 3.8) is 0 Å². The molecule has 1 saturated heterocycles. The van der Waals surface area contributed by atoms with E-state index in [1.165, 1.54) is 12.5 Å². The van der Waals surface area contributed by atoms with Crippen molar-refractivity contribution in [1.82, 2.24) is 14.8 Å². The van der Waals surface area contributed by atoms with E-state index in [1.54, 1.807) is 24.4 Å². The van der Waals surface area contributed by atoms with Gasteiger partial charge in [0.1, 0.15) is 11.4 Å². The van der Waals surface area contributed by atoms with Crippen LogP contribution in [-0.2, 0) is 4.74 Å². The first kappa shape index (κ1) is 24.7. The molecule has 0 saturated carbocycles. The van der Waals surface area contributed by atoms with Gasteiger partial charge in [-0.1, -0.05) is 15.9 Å². The molecule has 12 heteroatoms. The quantitative estimate of drug-likeness (QED) is 0.254. The molecule has 5 rings (SSSR count). The molecule has 0 radical (unpaired) electrons. The van der Waals surface area contributed by atoms with E-state index < -0.39 is 10.5 Å². The molecule has 37 heavy (non-hydrogen) atoms. The van der Waals surface area contributed by atoms with Crippen LogP contribution >= 0.6 is 15.9 Å². The first-order chi connectivity index (χ1) is 17.9. The molecule has 0 bridgehead atoms. The normalized spacial score (nSPS) is 13.5. The highest BCUT2D eigenvalue weighted by Crippen LogP contribution is 2.32. The average molecular weight is 567 g/mol. The molecule has 0 aliphatic carbocycles. The Balaban J connectivity index is 1.70. The zero-order chi connectivity index (χ0) is 25.9. The highest BCUT2D eigenvalue weighted by molar-refractivity contribution is 9.10. The maximum atomic E-state index is 13.5. The van der Waals surface area contributed by atoms with Gasteiger partial charge in [0.2, 0.25) is 0 Å². The molecule has 2 aromatic heterocycles. The van der Waals surface area contributed by atoms with Crippen LogP contribution in [0.25, 0.3) is 28.3 Å². The van der Waals surface area contributed by atoms with Gasteiger partial charge < -0.3 is 19.4 Å². The summed E-state index contributed by atoms with van der Waals surface area (Å²) in [7, 11) is 0. The number of ether oxygens (including phenoxy) is 1. The molecule has 0 atom stereocenters. The Morgan fingerprint density at radius 3 is 2.62 bits per heavy atom. The van der Waals surface area contributed by atoms with Gasteiger partial charge in [-0.15, -0.1) is 0 Å². The highest BCUT2D eigenvalue weighted by Gasteiger charge is 2.23. The molecule has 1 aliphatic rings. The van der Waals surface area contributed by atoms with Gasteiger partial charge in [0.05, 0.1) is 30.0 Å². The number of anilines is 2. The Kier molecular flexibility index (Phi) is 7.01. The van der Waals surface area contributed by atoms with E-state index in [0.29, 0.717) is 49.9 Å². The molecule has 0 unspecified atom stereocenters. The minimum Gasteiger partial charge on any atom is -0.444 e. The van der Waals surface area contributed by atoms with Crippen LogP contribution in [0.1, 0.15) is 6.92 Å². The number of rotatable bonds is 7. The molecule has 0 amide bonds. The Bertz CT molecular complexity index is 1500. The fourth-order valence-corrected chi connectivity index (χ4v) is 4.70. The lowest BCUT2D eigenvalue weighted by molar-refractivity contribution is -0.384. The van der Waals surface area contributed by atoms with Gasteiger partial charge in [0.15, 0.2) is 12.2 Å². The Morgan fingerprint density at radius 2 is 1.92 bits per heavy atom. The van der Waals surface area contributed by atoms with Gasteiger partial charge >= 0.3 is 0 Å². The van der Waals surface area contributed by atoms with Gasteiger partial charge in [0, 0.05) is 47.0 Å². The van der Waals surface area contributed by atoms with E-state index >= 15 is 0 Å². The second-order valence-corrected chi connectivity index (χ2v) is 9.23. The van der Waals surface area contributed by atoms with Crippen molar-refractivity contribution in [3.05, 3.63) is 80.0 Å². The van der Waals surface area contributed by atoms with Crippen molar-refractivity contribution in [2.24, 2.45) is 0 Å². The van der Waals surface area contributed by atoms with Crippen LogP contribution in [0.5, 0.6) is 0 Å². The van der Waals surface area contributed by atoms with Gasteiger partial charge in [-0.05, 0) is 43.3 Å². The summed E-state index contributed by atoms with van der Waals surface area (Å²) in [6.45, 7) is 4.75. The summed E-state index contributed by atoms with van der Waals surface area (Å²) in [6, 6.07) is 12.0. The smallest absolute Gasteiger partial charge is 0.295 e. The van der Waals surface area contributed by atoms with Crippen LogP contribution in [0.15, 0.2) is 68.7 Å². The lowest BCUT2D eigenvalue weighted by Crippen LogP contribution is -2.36. The van der Waals surface area contributed by atoms with Crippen LogP contribution in [0.2, 0.25) is 0 Å². The lowest BCUT2D eigenvalue weighted by Gasteiger charge is -2.29. The Labute approximate surface area is 220 Å². The van der Waals surface area contributed by atoms with Gasteiger partial charge in [-0.2, -0.15) is 9.78 Å². The number of nitrogens with zero attached hydrogens (tertiary/aromatic N) is 5. The third-order valence-corrected chi connectivity index (χ3v) is 6.41. The van der Waals surface area contributed by atoms with E-state index in [0.717, 1.165) is 20.4 Å². The third-order valence-electron chi connectivity index (χ3n) is 5.95. The number of nitro groups is 1. The van der Waals surface area contributed by atoms with E-state index in [-0.39, 0.29) is 17.1 Å². The van der Waals surface area contributed by atoms with E-state index in [2.05, 4.69) is 36.2 Å². The Hall–Kier alpha value is -4.03. The molecule has 11 nitrogen and oxygen atoms in total. The first-order valence-corrected chi connectivity index (χ1v) is 12.4. The molecular formula is C25H23BrN6O5. The second kappa shape index (κ2) is 10.5. The fraction of sp³-hybridized carbons (Fsp3) is 0.240. The fourth-order valence-electron chi connectivity index (χ4n) is 4.21. The maximum Gasteiger partial charge on any atom is 0.295 e. The predicted molar refractivity (Wildman–Crippen MR) is 142 cm³/mol. The lowest BCUT2D eigenvalue weighted by atomic mass is 10.1. The topological polar surface area (TPSA) is 129 Å². The summed E-state index contributed by atoms with van der Waals surface area (Å²) in [6.07, 6.45) is 2.95. The van der Waals surface area contributed by atoms with Crippen LogP contribution in [0.4, 0.5) is 17.1 Å². The standard InChI is InChI=1S/C25H23BrN6O5/c1-2-28-21-13-20(16-9-17(11-18(26)10-16)24-14-27-15-37-24)29-31(25(21)33)23-12-19(3-4-22(23)32(34)35)30-5-7-36-8-6-30/h3-4,9-15,28H,2,5-8H2,1H3. The number of aromatic nitrogens is 3. The van der Waals surface area contributed by atoms with Gasteiger partial charge in [-0.25, -0.2) is 4.98 Å². The molecule has 2 aromatic carbocycles. The number of halogens is 1. The van der Waals surface area contributed by atoms with Crippen molar-refractivity contribution in [1.29, 1.82) is 0 Å². The first-order valence-electron chi connectivity index (χ1n) is 11.6. The summed E-state index contributed by atoms with van der Waals surface area (Å²) >= 11 is 3.53. The van der Waals surface area contributed by atoms with Crippen molar-refractivity contribution in [2.75, 3.05) is 43.1 Å². The summed E-state index contributed by atoms with van der Waals surface area (Å²) < 4.78 is 12.7. The summed E-state index contributed by atoms with van der Waals surface area (Å²) in [4.78, 5) is 31.0. The average Bonchev–Trinajstić information content (AvgIpc) is 3.45. The molecule has 1 aliphatic heterocycles. The number of hydrogen-bond donors (Lipinski definition) is 1. The number of benzene rings is 2. The van der Waals surface area contributed by atoms with Crippen LogP contribution in [0.3, 0.4) is 0 Å². The maximum absolute atomic E-state index is 13.5. The van der Waals surface area contributed by atoms with Crippen LogP contribution in [0, 0.1) is 10.1 Å². The third kappa shape index (κ3) is 5.11. The van der Waals surface area contributed by atoms with Crippen LogP contribution in [-0.4, -0.2) is 52.5 Å². The van der Waals surface area contributed by atoms with E-state index in [1.807, 2.05) is 25.1 Å². The molecule has 3 heterocycles. The number of oxazole rings is 1. The molecule has 1 N–H and O–H groups in total. The summed E-state index contributed by atoms with van der Waals surface area (Å²) in [5.74, 6) is 0.566. The van der Waals surface area contributed by atoms with Gasteiger partial charge in [-0.3, -0.25) is 14.9 Å². The molecule has 0 spiro atoms. The Morgan fingerprint density at radius 1 is 1.14 bits per heavy atom. The summed E-state index contributed by atoms with van der Waals surface area (Å²) in [5, 5.41) is 19.6. The van der Waals surface area contributed by atoms with Crippen molar-refractivity contribution >= 4 is 33.0 Å². The largest absolute Gasteiger partial charge is 0.444 e. The van der Waals surface area contributed by atoms with Crippen molar-refractivity contribution in [3.8, 4) is 28.3 Å². The van der Waals surface area contributed by atoms with Crippen molar-refractivity contribution in [2.45, 2.75) is 6.92 Å². The summed E-state index contributed by atoms with van der Waals surface area (Å²) in [5.41, 5.74) is 2.30. The van der Waals surface area contributed by atoms with Crippen LogP contribution < -0.4 is 15.8 Å².